The van der Waals surface area contributed by atoms with E-state index in [-0.39, 0.29) is 0 Å². The Hall–Kier alpha value is -1.04. The summed E-state index contributed by atoms with van der Waals surface area (Å²) in [6.45, 7) is 3.56. The molecule has 17 heavy (non-hydrogen) atoms. The molecule has 2 aromatic heterocycles. The van der Waals surface area contributed by atoms with Gasteiger partial charge in [0.2, 0.25) is 0 Å². The maximum Gasteiger partial charge on any atom is 0.151 e. The van der Waals surface area contributed by atoms with Crippen molar-refractivity contribution < 1.29 is 0 Å². The van der Waals surface area contributed by atoms with Gasteiger partial charge in [0.25, 0.3) is 0 Å². The van der Waals surface area contributed by atoms with Crippen molar-refractivity contribution in [3.05, 3.63) is 39.1 Å². The Bertz CT molecular complexity index is 482. The lowest BCUT2D eigenvalue weighted by atomic mass is 10.3. The highest BCUT2D eigenvalue weighted by Gasteiger charge is 2.05. The van der Waals surface area contributed by atoms with Crippen molar-refractivity contribution in [2.24, 2.45) is 0 Å². The minimum absolute atomic E-state index is 0.423. The zero-order chi connectivity index (χ0) is 12.3. The van der Waals surface area contributed by atoms with E-state index < -0.39 is 0 Å². The van der Waals surface area contributed by atoms with Crippen molar-refractivity contribution in [1.29, 1.82) is 0 Å². The second-order valence-corrected chi connectivity index (χ2v) is 5.33. The Morgan fingerprint density at radius 3 is 2.59 bits per heavy atom. The van der Waals surface area contributed by atoms with E-state index in [0.29, 0.717) is 5.15 Å². The summed E-state index contributed by atoms with van der Waals surface area (Å²) in [5.41, 5.74) is 2.00. The third-order valence-corrected chi connectivity index (χ3v) is 3.24. The summed E-state index contributed by atoms with van der Waals surface area (Å²) in [5.74, 6) is 0. The van der Waals surface area contributed by atoms with Crippen molar-refractivity contribution in [2.45, 2.75) is 20.0 Å². The Morgan fingerprint density at radius 2 is 2.00 bits per heavy atom. The molecule has 0 aliphatic rings. The molecule has 2 rings (SSSR count). The number of hydrogen-bond donors (Lipinski definition) is 0. The normalized spacial score (nSPS) is 11.1. The Balaban J connectivity index is 1.93. The highest BCUT2D eigenvalue weighted by molar-refractivity contribution is 7.09. The molecule has 90 valence electrons. The number of thiazole rings is 1. The SMILES string of the molecule is Cc1nc(CN(C)Cc2ccc(Cl)nn2)cs1. The first kappa shape index (κ1) is 12.4. The van der Waals surface area contributed by atoms with Gasteiger partial charge in [-0.25, -0.2) is 4.98 Å². The predicted molar refractivity (Wildman–Crippen MR) is 69.1 cm³/mol. The number of halogens is 1. The van der Waals surface area contributed by atoms with Crippen LogP contribution in [-0.4, -0.2) is 27.1 Å². The minimum Gasteiger partial charge on any atom is -0.295 e. The van der Waals surface area contributed by atoms with E-state index in [1.165, 1.54) is 0 Å². The molecule has 0 N–H and O–H groups in total. The quantitative estimate of drug-likeness (QED) is 0.855. The predicted octanol–water partition coefficient (Wildman–Crippen LogP) is 2.53. The average molecular weight is 269 g/mol. The Labute approximate surface area is 109 Å². The Kier molecular flexibility index (Phi) is 4.04. The number of hydrogen-bond acceptors (Lipinski definition) is 5. The zero-order valence-electron chi connectivity index (χ0n) is 9.72. The van der Waals surface area contributed by atoms with Gasteiger partial charge in [0, 0.05) is 18.5 Å². The second-order valence-electron chi connectivity index (χ2n) is 3.88. The van der Waals surface area contributed by atoms with Crippen LogP contribution in [0.4, 0.5) is 0 Å². The van der Waals surface area contributed by atoms with E-state index in [2.05, 4.69) is 25.5 Å². The lowest BCUT2D eigenvalue weighted by molar-refractivity contribution is 0.310. The fourth-order valence-corrected chi connectivity index (χ4v) is 2.22. The summed E-state index contributed by atoms with van der Waals surface area (Å²) >= 11 is 7.36. The van der Waals surface area contributed by atoms with Gasteiger partial charge < -0.3 is 0 Å². The van der Waals surface area contributed by atoms with Gasteiger partial charge in [-0.15, -0.1) is 16.4 Å². The Morgan fingerprint density at radius 1 is 1.24 bits per heavy atom. The van der Waals surface area contributed by atoms with E-state index in [4.69, 9.17) is 11.6 Å². The van der Waals surface area contributed by atoms with E-state index in [9.17, 15) is 0 Å². The summed E-state index contributed by atoms with van der Waals surface area (Å²) < 4.78 is 0. The second kappa shape index (κ2) is 5.53. The van der Waals surface area contributed by atoms with Crippen molar-refractivity contribution in [3.8, 4) is 0 Å². The van der Waals surface area contributed by atoms with E-state index in [1.54, 1.807) is 17.4 Å². The van der Waals surface area contributed by atoms with Gasteiger partial charge in [-0.1, -0.05) is 11.6 Å². The largest absolute Gasteiger partial charge is 0.295 e. The van der Waals surface area contributed by atoms with E-state index in [1.807, 2.05) is 20.0 Å². The molecule has 0 bridgehead atoms. The molecule has 0 spiro atoms. The lowest BCUT2D eigenvalue weighted by Gasteiger charge is -2.14. The lowest BCUT2D eigenvalue weighted by Crippen LogP contribution is -2.18. The van der Waals surface area contributed by atoms with E-state index in [0.717, 1.165) is 29.5 Å². The molecule has 0 radical (unpaired) electrons. The van der Waals surface area contributed by atoms with Gasteiger partial charge in [0.05, 0.1) is 16.4 Å². The van der Waals surface area contributed by atoms with Gasteiger partial charge in [-0.2, -0.15) is 5.10 Å². The third-order valence-electron chi connectivity index (χ3n) is 2.22. The first-order valence-corrected chi connectivity index (χ1v) is 6.47. The number of rotatable bonds is 4. The standard InChI is InChI=1S/C11H13ClN4S/c1-8-13-10(7-17-8)6-16(2)5-9-3-4-11(12)15-14-9/h3-4,7H,5-6H2,1-2H3. The molecule has 0 saturated carbocycles. The molecule has 4 nitrogen and oxygen atoms in total. The topological polar surface area (TPSA) is 41.9 Å². The van der Waals surface area contributed by atoms with Gasteiger partial charge >= 0.3 is 0 Å². The summed E-state index contributed by atoms with van der Waals surface area (Å²) in [7, 11) is 2.03. The molecular weight excluding hydrogens is 256 g/mol. The van der Waals surface area contributed by atoms with Crippen LogP contribution in [0.1, 0.15) is 16.4 Å². The molecule has 2 heterocycles. The third kappa shape index (κ3) is 3.73. The highest BCUT2D eigenvalue weighted by atomic mass is 35.5. The van der Waals surface area contributed by atoms with Crippen LogP contribution in [-0.2, 0) is 13.1 Å². The van der Waals surface area contributed by atoms with Crippen molar-refractivity contribution in [3.63, 3.8) is 0 Å². The van der Waals surface area contributed by atoms with Crippen LogP contribution in [0, 0.1) is 6.92 Å². The minimum atomic E-state index is 0.423. The number of aromatic nitrogens is 3. The fraction of sp³-hybridized carbons (Fsp3) is 0.364. The van der Waals surface area contributed by atoms with Crippen LogP contribution in [0.2, 0.25) is 5.15 Å². The van der Waals surface area contributed by atoms with Crippen LogP contribution in [0.5, 0.6) is 0 Å². The molecule has 0 saturated heterocycles. The number of nitrogens with zero attached hydrogens (tertiary/aromatic N) is 4. The fourth-order valence-electron chi connectivity index (χ4n) is 1.52. The molecule has 0 atom stereocenters. The van der Waals surface area contributed by atoms with Gasteiger partial charge in [-0.05, 0) is 26.1 Å². The first-order chi connectivity index (χ1) is 8.13. The van der Waals surface area contributed by atoms with Crippen molar-refractivity contribution >= 4 is 22.9 Å². The summed E-state index contributed by atoms with van der Waals surface area (Å²) in [5, 5.41) is 11.4. The molecule has 0 unspecified atom stereocenters. The summed E-state index contributed by atoms with van der Waals surface area (Å²) in [6.07, 6.45) is 0. The molecule has 0 aromatic carbocycles. The van der Waals surface area contributed by atoms with Crippen LogP contribution in [0.3, 0.4) is 0 Å². The maximum absolute atomic E-state index is 5.68. The van der Waals surface area contributed by atoms with Crippen LogP contribution in [0.15, 0.2) is 17.5 Å². The molecule has 0 aliphatic carbocycles. The van der Waals surface area contributed by atoms with Gasteiger partial charge in [0.15, 0.2) is 5.15 Å². The van der Waals surface area contributed by atoms with Gasteiger partial charge in [0.1, 0.15) is 0 Å². The van der Waals surface area contributed by atoms with E-state index >= 15 is 0 Å². The van der Waals surface area contributed by atoms with Crippen LogP contribution in [0.25, 0.3) is 0 Å². The molecule has 0 amide bonds. The number of aryl methyl sites for hydroxylation is 1. The highest BCUT2D eigenvalue weighted by Crippen LogP contribution is 2.11. The molecule has 0 aliphatic heterocycles. The smallest absolute Gasteiger partial charge is 0.151 e. The monoisotopic (exact) mass is 268 g/mol. The zero-order valence-corrected chi connectivity index (χ0v) is 11.3. The summed E-state index contributed by atoms with van der Waals surface area (Å²) in [6, 6.07) is 3.64. The first-order valence-electron chi connectivity index (χ1n) is 5.21. The molecule has 2 aromatic rings. The average Bonchev–Trinajstić information content (AvgIpc) is 2.67. The summed E-state index contributed by atoms with van der Waals surface area (Å²) in [4.78, 5) is 6.57. The van der Waals surface area contributed by atoms with Crippen LogP contribution < -0.4 is 0 Å². The molecule has 6 heteroatoms. The maximum atomic E-state index is 5.68. The van der Waals surface area contributed by atoms with Crippen molar-refractivity contribution in [1.82, 2.24) is 20.1 Å². The van der Waals surface area contributed by atoms with Gasteiger partial charge in [-0.3, -0.25) is 4.90 Å². The van der Waals surface area contributed by atoms with Crippen molar-refractivity contribution in [2.75, 3.05) is 7.05 Å². The molecular formula is C11H13ClN4S. The van der Waals surface area contributed by atoms with Crippen LogP contribution >= 0.6 is 22.9 Å². The molecule has 0 fully saturated rings.